The Morgan fingerprint density at radius 2 is 1.49 bits per heavy atom. The number of ether oxygens (including phenoxy) is 3. The van der Waals surface area contributed by atoms with E-state index in [0.717, 1.165) is 37.0 Å². The second-order valence-electron chi connectivity index (χ2n) is 12.8. The Morgan fingerprint density at radius 1 is 0.844 bits per heavy atom. The molecule has 240 valence electrons. The number of rotatable bonds is 16. The molecule has 45 heavy (non-hydrogen) atoms. The maximum atomic E-state index is 11.5. The van der Waals surface area contributed by atoms with Gasteiger partial charge in [0.25, 0.3) is 8.32 Å². The lowest BCUT2D eigenvalue weighted by molar-refractivity contribution is -0.140. The van der Waals surface area contributed by atoms with Crippen LogP contribution in [0.1, 0.15) is 58.4 Å². The molecule has 0 saturated carbocycles. The summed E-state index contributed by atoms with van der Waals surface area (Å²) in [5.74, 6) is 1.33. The van der Waals surface area contributed by atoms with Gasteiger partial charge in [0.15, 0.2) is 0 Å². The normalized spacial score (nSPS) is 18.4. The van der Waals surface area contributed by atoms with Crippen LogP contribution in [0.4, 0.5) is 0 Å². The van der Waals surface area contributed by atoms with E-state index < -0.39 is 8.32 Å². The Labute approximate surface area is 271 Å². The number of hydrogen-bond donors (Lipinski definition) is 0. The monoisotopic (exact) mass is 626 g/mol. The maximum absolute atomic E-state index is 11.5. The van der Waals surface area contributed by atoms with Gasteiger partial charge in [-0.05, 0) is 70.6 Å². The Bertz CT molecular complexity index is 1320. The van der Waals surface area contributed by atoms with Gasteiger partial charge in [-0.3, -0.25) is 4.79 Å². The quantitative estimate of drug-likeness (QED) is 0.0708. The van der Waals surface area contributed by atoms with Gasteiger partial charge in [0, 0.05) is 13.0 Å². The van der Waals surface area contributed by atoms with E-state index in [4.69, 9.17) is 18.6 Å². The Balaban J connectivity index is 1.48. The Hall–Kier alpha value is -3.45. The highest BCUT2D eigenvalue weighted by Gasteiger charge is 2.50. The van der Waals surface area contributed by atoms with Crippen LogP contribution in [-0.2, 0) is 25.3 Å². The van der Waals surface area contributed by atoms with E-state index in [-0.39, 0.29) is 17.1 Å². The molecule has 0 amide bonds. The molecule has 0 N–H and O–H groups in total. The number of allylic oxidation sites excluding steroid dienone is 3. The third kappa shape index (κ3) is 9.06. The predicted molar refractivity (Wildman–Crippen MR) is 186 cm³/mol. The first-order valence-electron chi connectivity index (χ1n) is 16.2. The maximum Gasteiger partial charge on any atom is 0.305 e. The fourth-order valence-corrected chi connectivity index (χ4v) is 11.0. The number of esters is 1. The molecule has 0 bridgehead atoms. The zero-order valence-electron chi connectivity index (χ0n) is 27.6. The van der Waals surface area contributed by atoms with Crippen molar-refractivity contribution in [2.45, 2.75) is 70.6 Å². The van der Waals surface area contributed by atoms with E-state index in [1.165, 1.54) is 17.5 Å². The van der Waals surface area contributed by atoms with E-state index in [2.05, 4.69) is 118 Å². The predicted octanol–water partition coefficient (Wildman–Crippen LogP) is 7.64. The molecule has 0 aromatic heterocycles. The molecule has 1 aliphatic carbocycles. The summed E-state index contributed by atoms with van der Waals surface area (Å²) in [5.41, 5.74) is 1.12. The summed E-state index contributed by atoms with van der Waals surface area (Å²) >= 11 is 0. The molecule has 3 aromatic carbocycles. The molecular formula is C39H50O5Si. The molecule has 0 fully saturated rings. The van der Waals surface area contributed by atoms with E-state index in [0.29, 0.717) is 31.5 Å². The molecule has 3 atom stereocenters. The summed E-state index contributed by atoms with van der Waals surface area (Å²) in [4.78, 5) is 11.5. The molecule has 0 aliphatic heterocycles. The number of unbranched alkanes of at least 4 members (excludes halogenated alkanes) is 1. The molecule has 0 spiro atoms. The van der Waals surface area contributed by atoms with Gasteiger partial charge in [-0.2, -0.15) is 0 Å². The fourth-order valence-electron chi connectivity index (χ4n) is 6.44. The highest BCUT2D eigenvalue weighted by atomic mass is 28.4. The van der Waals surface area contributed by atoms with Crippen molar-refractivity contribution in [1.29, 1.82) is 0 Å². The first kappa shape index (κ1) is 34.4. The summed E-state index contributed by atoms with van der Waals surface area (Å²) in [6.07, 6.45) is 13.0. The smallest absolute Gasteiger partial charge is 0.305 e. The van der Waals surface area contributed by atoms with Crippen LogP contribution in [0.5, 0.6) is 5.75 Å². The Morgan fingerprint density at radius 3 is 2.07 bits per heavy atom. The van der Waals surface area contributed by atoms with Gasteiger partial charge in [-0.15, -0.1) is 0 Å². The second kappa shape index (κ2) is 16.7. The third-order valence-corrected chi connectivity index (χ3v) is 13.9. The van der Waals surface area contributed by atoms with Crippen molar-refractivity contribution in [1.82, 2.24) is 0 Å². The van der Waals surface area contributed by atoms with Gasteiger partial charge in [0.2, 0.25) is 0 Å². The lowest BCUT2D eigenvalue weighted by atomic mass is 9.88. The standard InChI is InChI=1S/C39H50O5Si/c1-39(2,3)45(34-16-10-8-11-17-34,35-18-12-9-13-19-35)44-29-28-32-24-27-37(43-30-31-22-25-33(41-4)26-23-31)36(32)20-14-6-7-15-21-38(40)42-5/h6,8-14,16-19,22-27,32,36-37H,7,15,20-21,28-30H2,1-5H3/b14-6-/t32-,36-,37-/m0/s1. The number of carbonyl (C=O) groups is 1. The summed E-state index contributed by atoms with van der Waals surface area (Å²) in [6, 6.07) is 29.7. The lowest BCUT2D eigenvalue weighted by Crippen LogP contribution is -2.66. The highest BCUT2D eigenvalue weighted by molar-refractivity contribution is 6.99. The van der Waals surface area contributed by atoms with Crippen molar-refractivity contribution in [2.75, 3.05) is 20.8 Å². The van der Waals surface area contributed by atoms with Gasteiger partial charge >= 0.3 is 5.97 Å². The van der Waals surface area contributed by atoms with Crippen LogP contribution < -0.4 is 15.1 Å². The van der Waals surface area contributed by atoms with Crippen molar-refractivity contribution in [3.8, 4) is 5.75 Å². The van der Waals surface area contributed by atoms with Crippen LogP contribution in [-0.4, -0.2) is 41.2 Å². The van der Waals surface area contributed by atoms with Crippen LogP contribution in [0, 0.1) is 11.8 Å². The topological polar surface area (TPSA) is 54.0 Å². The number of benzene rings is 3. The molecule has 3 aromatic rings. The van der Waals surface area contributed by atoms with Gasteiger partial charge in [-0.25, -0.2) is 0 Å². The lowest BCUT2D eigenvalue weighted by Gasteiger charge is -2.43. The van der Waals surface area contributed by atoms with Gasteiger partial charge in [0.1, 0.15) is 5.75 Å². The van der Waals surface area contributed by atoms with Crippen LogP contribution >= 0.6 is 0 Å². The molecule has 5 nitrogen and oxygen atoms in total. The average Bonchev–Trinajstić information content (AvgIpc) is 3.45. The van der Waals surface area contributed by atoms with Crippen LogP contribution in [0.15, 0.2) is 109 Å². The third-order valence-electron chi connectivity index (χ3n) is 8.86. The van der Waals surface area contributed by atoms with Crippen molar-refractivity contribution in [3.05, 3.63) is 115 Å². The van der Waals surface area contributed by atoms with Crippen molar-refractivity contribution >= 4 is 24.7 Å². The minimum absolute atomic E-state index is 0.0182. The van der Waals surface area contributed by atoms with Crippen molar-refractivity contribution in [2.24, 2.45) is 11.8 Å². The minimum atomic E-state index is -2.60. The molecule has 0 heterocycles. The molecule has 4 rings (SSSR count). The molecule has 1 aliphatic rings. The first-order chi connectivity index (χ1) is 21.8. The largest absolute Gasteiger partial charge is 0.497 e. The minimum Gasteiger partial charge on any atom is -0.497 e. The van der Waals surface area contributed by atoms with E-state index in [1.807, 2.05) is 12.1 Å². The van der Waals surface area contributed by atoms with Crippen LogP contribution in [0.3, 0.4) is 0 Å². The Kier molecular flexibility index (Phi) is 12.8. The number of carbonyl (C=O) groups excluding carboxylic acids is 1. The van der Waals surface area contributed by atoms with E-state index in [1.54, 1.807) is 7.11 Å². The van der Waals surface area contributed by atoms with Gasteiger partial charge < -0.3 is 18.6 Å². The van der Waals surface area contributed by atoms with Gasteiger partial charge in [-0.1, -0.05) is 118 Å². The van der Waals surface area contributed by atoms with Crippen LogP contribution in [0.2, 0.25) is 5.04 Å². The first-order valence-corrected chi connectivity index (χ1v) is 18.1. The average molecular weight is 627 g/mol. The van der Waals surface area contributed by atoms with E-state index >= 15 is 0 Å². The summed E-state index contributed by atoms with van der Waals surface area (Å²) in [6.45, 7) is 8.19. The molecule has 0 radical (unpaired) electrons. The van der Waals surface area contributed by atoms with Crippen LogP contribution in [0.25, 0.3) is 0 Å². The summed E-state index contributed by atoms with van der Waals surface area (Å²) in [7, 11) is 0.522. The molecule has 0 unspecified atom stereocenters. The molecule has 0 saturated heterocycles. The SMILES string of the molecule is COC(=O)CCC/C=C\C[C@@H]1[C@@H](OCc2ccc(OC)cc2)C=C[C@H]1CCO[Si](c1ccccc1)(c1ccccc1)C(C)(C)C. The zero-order valence-corrected chi connectivity index (χ0v) is 28.6. The van der Waals surface area contributed by atoms with Crippen molar-refractivity contribution < 1.29 is 23.4 Å². The zero-order chi connectivity index (χ0) is 32.1. The van der Waals surface area contributed by atoms with Gasteiger partial charge in [0.05, 0.1) is 26.9 Å². The number of hydrogen-bond acceptors (Lipinski definition) is 5. The molecular weight excluding hydrogens is 577 g/mol. The summed E-state index contributed by atoms with van der Waals surface area (Å²) < 4.78 is 23.9. The summed E-state index contributed by atoms with van der Waals surface area (Å²) in [5, 5.41) is 2.55. The van der Waals surface area contributed by atoms with E-state index in [9.17, 15) is 4.79 Å². The number of methoxy groups -OCH3 is 2. The highest BCUT2D eigenvalue weighted by Crippen LogP contribution is 2.38. The fraction of sp³-hybridized carbons (Fsp3) is 0.410. The molecule has 6 heteroatoms. The van der Waals surface area contributed by atoms with Crippen molar-refractivity contribution in [3.63, 3.8) is 0 Å². The second-order valence-corrected chi connectivity index (χ2v) is 17.1.